The number of aliphatic hydroxyl groups excluding tert-OH is 1. The van der Waals surface area contributed by atoms with Crippen LogP contribution in [0.2, 0.25) is 0 Å². The van der Waals surface area contributed by atoms with Gasteiger partial charge < -0.3 is 21.3 Å². The zero-order chi connectivity index (χ0) is 18.8. The number of amides is 1. The molecule has 0 saturated heterocycles. The van der Waals surface area contributed by atoms with E-state index in [1.165, 1.54) is 0 Å². The van der Waals surface area contributed by atoms with Crippen LogP contribution in [0.5, 0.6) is 0 Å². The van der Waals surface area contributed by atoms with Crippen LogP contribution in [0.25, 0.3) is 0 Å². The van der Waals surface area contributed by atoms with Crippen LogP contribution in [0.3, 0.4) is 0 Å². The summed E-state index contributed by atoms with van der Waals surface area (Å²) >= 11 is 0. The molecule has 1 aromatic heterocycles. The third kappa shape index (κ3) is 7.72. The second kappa shape index (κ2) is 10.9. The summed E-state index contributed by atoms with van der Waals surface area (Å²) in [4.78, 5) is 28.3. The van der Waals surface area contributed by atoms with Gasteiger partial charge in [-0.3, -0.25) is 14.6 Å². The van der Waals surface area contributed by atoms with Gasteiger partial charge >= 0.3 is 0 Å². The van der Waals surface area contributed by atoms with Crippen LogP contribution in [-0.4, -0.2) is 39.2 Å². The first-order chi connectivity index (χ1) is 11.8. The number of nitrogens with two attached hydrogens (primary N) is 1. The smallest absolute Gasteiger partial charge is 0.237 e. The van der Waals surface area contributed by atoms with Gasteiger partial charge in [0.05, 0.1) is 18.3 Å². The van der Waals surface area contributed by atoms with Crippen LogP contribution in [-0.2, 0) is 11.3 Å². The molecule has 1 heterocycles. The molecule has 0 unspecified atom stereocenters. The average molecular weight is 351 g/mol. The topological polar surface area (TPSA) is 126 Å². The van der Waals surface area contributed by atoms with Crippen molar-refractivity contribution in [2.24, 2.45) is 11.7 Å². The van der Waals surface area contributed by atoms with Crippen molar-refractivity contribution in [1.82, 2.24) is 10.3 Å². The lowest BCUT2D eigenvalue weighted by molar-refractivity contribution is -0.123. The summed E-state index contributed by atoms with van der Waals surface area (Å²) in [6.07, 6.45) is 2.80. The molecule has 1 rings (SSSR count). The Balaban J connectivity index is 2.51. The van der Waals surface area contributed by atoms with E-state index in [4.69, 9.17) is 15.9 Å². The summed E-state index contributed by atoms with van der Waals surface area (Å²) in [6.45, 7) is 4.13. The minimum absolute atomic E-state index is 0.0290. The molecule has 0 aliphatic carbocycles. The molecule has 1 aromatic rings. The SMILES string of the molecule is CC[C@H](C)[C@H](N)C(=O)NCc1cc(C(=O)CCCCC(O)O)ccn1. The Morgan fingerprint density at radius 2 is 2.04 bits per heavy atom. The van der Waals surface area contributed by atoms with E-state index >= 15 is 0 Å². The molecule has 0 fully saturated rings. The van der Waals surface area contributed by atoms with Crippen molar-refractivity contribution in [3.05, 3.63) is 29.6 Å². The molecule has 0 aromatic carbocycles. The van der Waals surface area contributed by atoms with E-state index in [0.29, 0.717) is 30.5 Å². The number of nitrogens with one attached hydrogen (secondary N) is 1. The number of pyridine rings is 1. The average Bonchev–Trinajstić information content (AvgIpc) is 2.61. The van der Waals surface area contributed by atoms with Gasteiger partial charge in [0.15, 0.2) is 12.1 Å². The monoisotopic (exact) mass is 351 g/mol. The van der Waals surface area contributed by atoms with Crippen LogP contribution in [0.1, 0.15) is 62.0 Å². The van der Waals surface area contributed by atoms with Gasteiger partial charge in [0.2, 0.25) is 5.91 Å². The molecule has 140 valence electrons. The summed E-state index contributed by atoms with van der Waals surface area (Å²) in [6, 6.07) is 2.74. The summed E-state index contributed by atoms with van der Waals surface area (Å²) in [5.41, 5.74) is 7.02. The summed E-state index contributed by atoms with van der Waals surface area (Å²) in [7, 11) is 0. The second-order valence-corrected chi connectivity index (χ2v) is 6.31. The number of hydrogen-bond donors (Lipinski definition) is 4. The fourth-order valence-electron chi connectivity index (χ4n) is 2.31. The molecule has 0 aliphatic heterocycles. The molecule has 0 aliphatic rings. The van der Waals surface area contributed by atoms with Crippen LogP contribution in [0, 0.1) is 5.92 Å². The van der Waals surface area contributed by atoms with Gasteiger partial charge in [-0.2, -0.15) is 0 Å². The number of carbonyl (C=O) groups excluding carboxylic acids is 2. The lowest BCUT2D eigenvalue weighted by Crippen LogP contribution is -2.44. The Kier molecular flexibility index (Phi) is 9.26. The zero-order valence-electron chi connectivity index (χ0n) is 14.9. The van der Waals surface area contributed by atoms with Gasteiger partial charge in [-0.15, -0.1) is 0 Å². The number of ketones is 1. The maximum absolute atomic E-state index is 12.2. The van der Waals surface area contributed by atoms with Crippen molar-refractivity contribution in [2.45, 2.75) is 64.8 Å². The van der Waals surface area contributed by atoms with Crippen LogP contribution in [0.15, 0.2) is 18.3 Å². The molecule has 1 amide bonds. The highest BCUT2D eigenvalue weighted by Crippen LogP contribution is 2.10. The molecular formula is C18H29N3O4. The van der Waals surface area contributed by atoms with Crippen molar-refractivity contribution in [2.75, 3.05) is 0 Å². The Bertz CT molecular complexity index is 563. The van der Waals surface area contributed by atoms with Crippen LogP contribution in [0.4, 0.5) is 0 Å². The highest BCUT2D eigenvalue weighted by molar-refractivity contribution is 5.96. The van der Waals surface area contributed by atoms with E-state index in [-0.39, 0.29) is 30.6 Å². The number of nitrogens with zero attached hydrogens (tertiary/aromatic N) is 1. The van der Waals surface area contributed by atoms with Gasteiger partial charge in [-0.05, 0) is 37.3 Å². The number of Topliss-reactive ketones (excluding diaryl/α,β-unsaturated/α-hetero) is 1. The predicted molar refractivity (Wildman–Crippen MR) is 94.5 cm³/mol. The number of hydrogen-bond acceptors (Lipinski definition) is 6. The Morgan fingerprint density at radius 3 is 2.68 bits per heavy atom. The maximum atomic E-state index is 12.2. The molecule has 2 atom stereocenters. The van der Waals surface area contributed by atoms with Gasteiger partial charge in [0.1, 0.15) is 0 Å². The first-order valence-corrected chi connectivity index (χ1v) is 8.72. The van der Waals surface area contributed by atoms with Crippen molar-refractivity contribution < 1.29 is 19.8 Å². The largest absolute Gasteiger partial charge is 0.368 e. The fourth-order valence-corrected chi connectivity index (χ4v) is 2.31. The van der Waals surface area contributed by atoms with E-state index in [2.05, 4.69) is 10.3 Å². The molecule has 0 saturated carbocycles. The number of aliphatic hydroxyl groups is 2. The molecule has 5 N–H and O–H groups in total. The third-order valence-corrected chi connectivity index (χ3v) is 4.26. The van der Waals surface area contributed by atoms with Crippen LogP contribution < -0.4 is 11.1 Å². The Morgan fingerprint density at radius 1 is 1.32 bits per heavy atom. The van der Waals surface area contributed by atoms with Crippen molar-refractivity contribution in [1.29, 1.82) is 0 Å². The predicted octanol–water partition coefficient (Wildman–Crippen LogP) is 1.12. The number of rotatable bonds is 11. The molecule has 0 spiro atoms. The van der Waals surface area contributed by atoms with Crippen molar-refractivity contribution in [3.63, 3.8) is 0 Å². The van der Waals surface area contributed by atoms with Gasteiger partial charge in [-0.25, -0.2) is 0 Å². The van der Waals surface area contributed by atoms with Gasteiger partial charge in [0, 0.05) is 18.2 Å². The standard InChI is InChI=1S/C18H29N3O4/c1-3-12(2)17(19)18(25)21-11-14-10-13(8-9-20-14)15(22)6-4-5-7-16(23)24/h8-10,12,16-17,23-24H,3-7,11,19H2,1-2H3,(H,21,25)/t12-,17-/m0/s1. The molecule has 7 heteroatoms. The minimum atomic E-state index is -1.33. The van der Waals surface area contributed by atoms with Crippen molar-refractivity contribution in [3.8, 4) is 0 Å². The first-order valence-electron chi connectivity index (χ1n) is 8.72. The molecule has 0 radical (unpaired) electrons. The minimum Gasteiger partial charge on any atom is -0.368 e. The van der Waals surface area contributed by atoms with Crippen molar-refractivity contribution >= 4 is 11.7 Å². The Hall–Kier alpha value is -1.83. The summed E-state index contributed by atoms with van der Waals surface area (Å²) < 4.78 is 0. The highest BCUT2D eigenvalue weighted by atomic mass is 16.5. The molecule has 0 bridgehead atoms. The first kappa shape index (κ1) is 21.2. The van der Waals surface area contributed by atoms with Gasteiger partial charge in [-0.1, -0.05) is 20.3 Å². The second-order valence-electron chi connectivity index (χ2n) is 6.31. The van der Waals surface area contributed by atoms with Gasteiger partial charge in [0.25, 0.3) is 0 Å². The lowest BCUT2D eigenvalue weighted by Gasteiger charge is -2.17. The lowest BCUT2D eigenvalue weighted by atomic mass is 9.99. The number of carbonyl (C=O) groups is 2. The normalized spacial score (nSPS) is 13.5. The fraction of sp³-hybridized carbons (Fsp3) is 0.611. The van der Waals surface area contributed by atoms with E-state index in [1.807, 2.05) is 13.8 Å². The Labute approximate surface area is 148 Å². The number of aromatic nitrogens is 1. The quantitative estimate of drug-likeness (QED) is 0.269. The summed E-state index contributed by atoms with van der Waals surface area (Å²) in [5.74, 6) is -0.160. The van der Waals surface area contributed by atoms with E-state index in [9.17, 15) is 9.59 Å². The third-order valence-electron chi connectivity index (χ3n) is 4.26. The van der Waals surface area contributed by atoms with Crippen LogP contribution >= 0.6 is 0 Å². The molecule has 25 heavy (non-hydrogen) atoms. The van der Waals surface area contributed by atoms with E-state index < -0.39 is 12.3 Å². The highest BCUT2D eigenvalue weighted by Gasteiger charge is 2.19. The maximum Gasteiger partial charge on any atom is 0.237 e. The van der Waals surface area contributed by atoms with E-state index in [1.54, 1.807) is 18.3 Å². The van der Waals surface area contributed by atoms with E-state index in [0.717, 1.165) is 6.42 Å². The molecular weight excluding hydrogens is 322 g/mol. The number of unbranched alkanes of at least 4 members (excludes halogenated alkanes) is 1. The molecule has 7 nitrogen and oxygen atoms in total. The zero-order valence-corrected chi connectivity index (χ0v) is 14.9. The summed E-state index contributed by atoms with van der Waals surface area (Å²) in [5, 5.41) is 20.3.